The lowest BCUT2D eigenvalue weighted by atomic mass is 9.79. The Labute approximate surface area is 152 Å². The number of rotatable bonds is 13. The van der Waals surface area contributed by atoms with E-state index in [1.165, 1.54) is 81.8 Å². The van der Waals surface area contributed by atoms with Crippen molar-refractivity contribution in [2.75, 3.05) is 20.1 Å². The van der Waals surface area contributed by atoms with Gasteiger partial charge < -0.3 is 4.48 Å². The monoisotopic (exact) mass is 334 g/mol. The van der Waals surface area contributed by atoms with E-state index in [4.69, 9.17) is 0 Å². The summed E-state index contributed by atoms with van der Waals surface area (Å²) in [6.07, 6.45) is 23.5. The van der Waals surface area contributed by atoms with Crippen molar-refractivity contribution in [3.8, 4) is 0 Å². The van der Waals surface area contributed by atoms with Gasteiger partial charge in [-0.1, -0.05) is 83.4 Å². The van der Waals surface area contributed by atoms with Crippen molar-refractivity contribution >= 4 is 0 Å². The molecule has 0 fully saturated rings. The van der Waals surface area contributed by atoms with Gasteiger partial charge in [-0.25, -0.2) is 0 Å². The van der Waals surface area contributed by atoms with Crippen LogP contribution in [0.25, 0.3) is 0 Å². The zero-order valence-corrected chi connectivity index (χ0v) is 17.3. The van der Waals surface area contributed by atoms with E-state index in [2.05, 4.69) is 59.0 Å². The number of likely N-dealkylation sites (N-methyl/N-ethyl adjacent to an activating group) is 1. The third kappa shape index (κ3) is 6.06. The molecule has 1 rings (SSSR count). The molecule has 0 spiro atoms. The van der Waals surface area contributed by atoms with Gasteiger partial charge >= 0.3 is 0 Å². The van der Waals surface area contributed by atoms with Crippen LogP contribution in [0.15, 0.2) is 24.3 Å². The molecule has 0 saturated heterocycles. The first-order valence-corrected chi connectivity index (χ1v) is 10.7. The fourth-order valence-corrected chi connectivity index (χ4v) is 4.19. The molecular formula is C23H44N+. The molecule has 0 saturated carbocycles. The molecule has 0 aromatic heterocycles. The maximum absolute atomic E-state index is 2.47. The molecule has 3 atom stereocenters. The molecule has 0 amide bonds. The smallest absolute Gasteiger partial charge is 0.121 e. The molecule has 1 heteroatoms. The Morgan fingerprint density at radius 3 is 1.88 bits per heavy atom. The lowest BCUT2D eigenvalue weighted by Crippen LogP contribution is -2.62. The summed E-state index contributed by atoms with van der Waals surface area (Å²) in [6, 6.07) is 0. The summed E-state index contributed by atoms with van der Waals surface area (Å²) in [7, 11) is 2.47. The SMILES string of the molecule is CCCCCCCCCCCC[N+](C)(CC)C1(C)C=CC=CC1C. The highest BCUT2D eigenvalue weighted by molar-refractivity contribution is 5.20. The van der Waals surface area contributed by atoms with Crippen molar-refractivity contribution in [3.63, 3.8) is 0 Å². The molecule has 0 aromatic rings. The van der Waals surface area contributed by atoms with Crippen LogP contribution in [-0.2, 0) is 0 Å². The average molecular weight is 335 g/mol. The predicted octanol–water partition coefficient (Wildman–Crippen LogP) is 6.89. The maximum Gasteiger partial charge on any atom is 0.121 e. The first kappa shape index (κ1) is 21.5. The quantitative estimate of drug-likeness (QED) is 0.254. The second-order valence-corrected chi connectivity index (χ2v) is 8.38. The molecule has 0 bridgehead atoms. The number of hydrogen-bond acceptors (Lipinski definition) is 0. The van der Waals surface area contributed by atoms with Crippen molar-refractivity contribution in [1.29, 1.82) is 0 Å². The van der Waals surface area contributed by atoms with Gasteiger partial charge in [0.05, 0.1) is 20.1 Å². The van der Waals surface area contributed by atoms with Crippen LogP contribution >= 0.6 is 0 Å². The summed E-state index contributed by atoms with van der Waals surface area (Å²) in [4.78, 5) is 0. The van der Waals surface area contributed by atoms with Crippen molar-refractivity contribution in [3.05, 3.63) is 24.3 Å². The Morgan fingerprint density at radius 2 is 1.38 bits per heavy atom. The lowest BCUT2D eigenvalue weighted by molar-refractivity contribution is -0.952. The summed E-state index contributed by atoms with van der Waals surface area (Å²) in [5, 5.41) is 0. The number of quaternary nitrogens is 1. The van der Waals surface area contributed by atoms with Gasteiger partial charge in [0, 0.05) is 5.92 Å². The summed E-state index contributed by atoms with van der Waals surface area (Å²) in [5.74, 6) is 0.621. The van der Waals surface area contributed by atoms with Crippen LogP contribution in [0.4, 0.5) is 0 Å². The summed E-state index contributed by atoms with van der Waals surface area (Å²) in [6.45, 7) is 12.0. The lowest BCUT2D eigenvalue weighted by Gasteiger charge is -2.51. The first-order valence-electron chi connectivity index (χ1n) is 10.7. The Bertz CT molecular complexity index is 383. The van der Waals surface area contributed by atoms with Gasteiger partial charge in [0.1, 0.15) is 5.54 Å². The fourth-order valence-electron chi connectivity index (χ4n) is 4.19. The second-order valence-electron chi connectivity index (χ2n) is 8.38. The van der Waals surface area contributed by atoms with Gasteiger partial charge in [0.25, 0.3) is 0 Å². The Balaban J connectivity index is 2.24. The van der Waals surface area contributed by atoms with Gasteiger partial charge in [-0.05, 0) is 32.8 Å². The minimum absolute atomic E-state index is 0.253. The van der Waals surface area contributed by atoms with Crippen LogP contribution in [0, 0.1) is 5.92 Å². The van der Waals surface area contributed by atoms with E-state index >= 15 is 0 Å². The van der Waals surface area contributed by atoms with E-state index < -0.39 is 0 Å². The predicted molar refractivity (Wildman–Crippen MR) is 109 cm³/mol. The number of unbranched alkanes of at least 4 members (excludes halogenated alkanes) is 9. The van der Waals surface area contributed by atoms with Crippen molar-refractivity contribution in [2.24, 2.45) is 5.92 Å². The van der Waals surface area contributed by atoms with Crippen LogP contribution < -0.4 is 0 Å². The average Bonchev–Trinajstić information content (AvgIpc) is 2.59. The van der Waals surface area contributed by atoms with Crippen molar-refractivity contribution in [2.45, 2.75) is 97.4 Å². The molecule has 0 aromatic carbocycles. The zero-order chi connectivity index (χ0) is 17.9. The van der Waals surface area contributed by atoms with E-state index in [1.54, 1.807) is 0 Å². The minimum atomic E-state index is 0.253. The van der Waals surface area contributed by atoms with Gasteiger partial charge in [-0.2, -0.15) is 0 Å². The van der Waals surface area contributed by atoms with Crippen LogP contribution in [0.1, 0.15) is 91.9 Å². The highest BCUT2D eigenvalue weighted by Gasteiger charge is 2.44. The normalized spacial score (nSPS) is 25.8. The van der Waals surface area contributed by atoms with Crippen LogP contribution in [-0.4, -0.2) is 30.2 Å². The summed E-state index contributed by atoms with van der Waals surface area (Å²) in [5.41, 5.74) is 0.253. The summed E-state index contributed by atoms with van der Waals surface area (Å²) >= 11 is 0. The molecular weight excluding hydrogens is 290 g/mol. The molecule has 1 aliphatic carbocycles. The number of hydrogen-bond donors (Lipinski definition) is 0. The first-order chi connectivity index (χ1) is 11.5. The molecule has 3 unspecified atom stereocenters. The van der Waals surface area contributed by atoms with Gasteiger partial charge in [-0.15, -0.1) is 0 Å². The van der Waals surface area contributed by atoms with E-state index in [-0.39, 0.29) is 5.54 Å². The maximum atomic E-state index is 2.47. The molecule has 1 nitrogen and oxygen atoms in total. The molecule has 0 radical (unpaired) electrons. The minimum Gasteiger partial charge on any atom is -0.318 e. The molecule has 140 valence electrons. The van der Waals surface area contributed by atoms with E-state index in [0.29, 0.717) is 5.92 Å². The van der Waals surface area contributed by atoms with Crippen LogP contribution in [0.3, 0.4) is 0 Å². The number of nitrogens with zero attached hydrogens (tertiary/aromatic N) is 1. The Morgan fingerprint density at radius 1 is 0.833 bits per heavy atom. The van der Waals surface area contributed by atoms with Crippen molar-refractivity contribution in [1.82, 2.24) is 0 Å². The molecule has 1 aliphatic rings. The van der Waals surface area contributed by atoms with Crippen LogP contribution in [0.2, 0.25) is 0 Å². The zero-order valence-electron chi connectivity index (χ0n) is 17.3. The molecule has 0 N–H and O–H groups in total. The van der Waals surface area contributed by atoms with Crippen molar-refractivity contribution < 1.29 is 4.48 Å². The number of allylic oxidation sites excluding steroid dienone is 2. The highest BCUT2D eigenvalue weighted by atomic mass is 15.4. The Hall–Kier alpha value is -0.560. The molecule has 0 aliphatic heterocycles. The largest absolute Gasteiger partial charge is 0.318 e. The fraction of sp³-hybridized carbons (Fsp3) is 0.826. The highest BCUT2D eigenvalue weighted by Crippen LogP contribution is 2.35. The van der Waals surface area contributed by atoms with E-state index in [1.807, 2.05) is 0 Å². The molecule has 24 heavy (non-hydrogen) atoms. The van der Waals surface area contributed by atoms with E-state index in [0.717, 1.165) is 0 Å². The van der Waals surface area contributed by atoms with Crippen LogP contribution in [0.5, 0.6) is 0 Å². The van der Waals surface area contributed by atoms with E-state index in [9.17, 15) is 0 Å². The van der Waals surface area contributed by atoms with Gasteiger partial charge in [-0.3, -0.25) is 0 Å². The second kappa shape index (κ2) is 11.1. The Kier molecular flexibility index (Phi) is 9.96. The molecule has 0 heterocycles. The summed E-state index contributed by atoms with van der Waals surface area (Å²) < 4.78 is 1.17. The van der Waals surface area contributed by atoms with Gasteiger partial charge in [0.2, 0.25) is 0 Å². The van der Waals surface area contributed by atoms with Gasteiger partial charge in [0.15, 0.2) is 0 Å². The standard InChI is InChI=1S/C23H44N/c1-6-8-9-10-11-12-13-14-15-18-21-24(5,7-2)23(4)20-17-16-19-22(23)3/h16-17,19-20,22H,6-15,18,21H2,1-5H3/q+1. The third-order valence-electron chi connectivity index (χ3n) is 6.73. The third-order valence-corrected chi connectivity index (χ3v) is 6.73. The topological polar surface area (TPSA) is 0 Å².